The fourth-order valence-electron chi connectivity index (χ4n) is 2.60. The van der Waals surface area contributed by atoms with Crippen LogP contribution in [0.5, 0.6) is 0 Å². The number of hydrogen-bond acceptors (Lipinski definition) is 5. The monoisotopic (exact) mass is 263 g/mol. The smallest absolute Gasteiger partial charge is 0.222 e. The minimum absolute atomic E-state index is 0.0126. The van der Waals surface area contributed by atoms with Gasteiger partial charge in [0.05, 0.1) is 5.69 Å². The van der Waals surface area contributed by atoms with E-state index in [4.69, 9.17) is 11.5 Å². The predicted octanol–water partition coefficient (Wildman–Crippen LogP) is 0.631. The molecule has 2 rings (SSSR count). The summed E-state index contributed by atoms with van der Waals surface area (Å²) in [4.78, 5) is 22.0. The average molecular weight is 263 g/mol. The number of carbonyl (C=O) groups excluding carboxylic acids is 1. The minimum Gasteiger partial charge on any atom is -0.369 e. The summed E-state index contributed by atoms with van der Waals surface area (Å²) in [7, 11) is 0. The van der Waals surface area contributed by atoms with Crippen molar-refractivity contribution in [1.29, 1.82) is 0 Å². The molecule has 0 unspecified atom stereocenters. The van der Waals surface area contributed by atoms with Crippen molar-refractivity contribution in [3.63, 3.8) is 0 Å². The highest BCUT2D eigenvalue weighted by Crippen LogP contribution is 2.26. The maximum absolute atomic E-state index is 11.2. The van der Waals surface area contributed by atoms with Crippen LogP contribution in [-0.2, 0) is 11.2 Å². The van der Waals surface area contributed by atoms with E-state index in [0.717, 1.165) is 49.4 Å². The van der Waals surface area contributed by atoms with E-state index in [2.05, 4.69) is 21.8 Å². The molecule has 6 nitrogen and oxygen atoms in total. The maximum atomic E-state index is 11.2. The van der Waals surface area contributed by atoms with Crippen LogP contribution in [0.2, 0.25) is 0 Å². The van der Waals surface area contributed by atoms with Crippen LogP contribution in [0.1, 0.15) is 31.0 Å². The van der Waals surface area contributed by atoms with Crippen LogP contribution in [-0.4, -0.2) is 29.0 Å². The van der Waals surface area contributed by atoms with E-state index in [9.17, 15) is 4.79 Å². The van der Waals surface area contributed by atoms with Crippen molar-refractivity contribution < 1.29 is 4.79 Å². The number of piperidine rings is 1. The number of carbonyl (C=O) groups is 1. The van der Waals surface area contributed by atoms with Gasteiger partial charge >= 0.3 is 0 Å². The molecule has 1 aromatic heterocycles. The first kappa shape index (κ1) is 13.6. The van der Waals surface area contributed by atoms with E-state index in [1.54, 1.807) is 0 Å². The summed E-state index contributed by atoms with van der Waals surface area (Å²) in [5.74, 6) is 0.996. The number of primary amides is 1. The first-order valence-electron chi connectivity index (χ1n) is 6.70. The zero-order valence-electron chi connectivity index (χ0n) is 11.5. The molecule has 1 fully saturated rings. The van der Waals surface area contributed by atoms with Gasteiger partial charge in [-0.1, -0.05) is 6.92 Å². The molecule has 2 heterocycles. The highest BCUT2D eigenvalue weighted by molar-refractivity contribution is 5.77. The van der Waals surface area contributed by atoms with Gasteiger partial charge in [0.15, 0.2) is 0 Å². The van der Waals surface area contributed by atoms with Crippen LogP contribution in [0.25, 0.3) is 0 Å². The number of rotatable bonds is 3. The minimum atomic E-state index is -0.201. The highest BCUT2D eigenvalue weighted by atomic mass is 16.1. The van der Waals surface area contributed by atoms with Crippen LogP contribution < -0.4 is 16.4 Å². The van der Waals surface area contributed by atoms with Crippen LogP contribution >= 0.6 is 0 Å². The van der Waals surface area contributed by atoms with Crippen LogP contribution in [0, 0.1) is 12.8 Å². The fourth-order valence-corrected chi connectivity index (χ4v) is 2.60. The van der Waals surface area contributed by atoms with E-state index < -0.39 is 0 Å². The third-order valence-electron chi connectivity index (χ3n) is 3.77. The normalized spacial score (nSPS) is 16.6. The maximum Gasteiger partial charge on any atom is 0.222 e. The number of aryl methyl sites for hydroxylation is 1. The Morgan fingerprint density at radius 3 is 2.53 bits per heavy atom. The molecule has 0 radical (unpaired) electrons. The van der Waals surface area contributed by atoms with Gasteiger partial charge in [-0.25, -0.2) is 4.98 Å². The van der Waals surface area contributed by atoms with E-state index in [1.165, 1.54) is 0 Å². The Bertz CT molecular complexity index is 480. The SMILES string of the molecule is CCc1nc(N)nc(N2CCC(C(N)=O)CC2)c1C. The molecule has 0 saturated carbocycles. The third-order valence-corrected chi connectivity index (χ3v) is 3.77. The molecule has 0 bridgehead atoms. The predicted molar refractivity (Wildman–Crippen MR) is 74.7 cm³/mol. The zero-order valence-corrected chi connectivity index (χ0v) is 11.5. The first-order chi connectivity index (χ1) is 9.02. The average Bonchev–Trinajstić information content (AvgIpc) is 2.41. The second kappa shape index (κ2) is 5.42. The van der Waals surface area contributed by atoms with Gasteiger partial charge in [0.2, 0.25) is 11.9 Å². The Labute approximate surface area is 113 Å². The number of nitrogens with two attached hydrogens (primary N) is 2. The van der Waals surface area contributed by atoms with E-state index in [1.807, 2.05) is 6.92 Å². The van der Waals surface area contributed by atoms with Crippen molar-refractivity contribution in [3.8, 4) is 0 Å². The molecule has 1 amide bonds. The second-order valence-electron chi connectivity index (χ2n) is 4.99. The standard InChI is InChI=1S/C13H21N5O/c1-3-10-8(2)12(17-13(15)16-10)18-6-4-9(5-7-18)11(14)19/h9H,3-7H2,1-2H3,(H2,14,19)(H2,15,16,17). The van der Waals surface area contributed by atoms with E-state index in [-0.39, 0.29) is 11.8 Å². The fraction of sp³-hybridized carbons (Fsp3) is 0.615. The van der Waals surface area contributed by atoms with Gasteiger partial charge in [-0.2, -0.15) is 4.98 Å². The molecule has 0 aliphatic carbocycles. The van der Waals surface area contributed by atoms with Crippen molar-refractivity contribution in [2.75, 3.05) is 23.7 Å². The molecule has 104 valence electrons. The van der Waals surface area contributed by atoms with Gasteiger partial charge in [0.1, 0.15) is 5.82 Å². The second-order valence-corrected chi connectivity index (χ2v) is 4.99. The molecule has 4 N–H and O–H groups in total. The Kier molecular flexibility index (Phi) is 3.87. The lowest BCUT2D eigenvalue weighted by atomic mass is 9.96. The number of aromatic nitrogens is 2. The van der Waals surface area contributed by atoms with Gasteiger partial charge in [-0.3, -0.25) is 4.79 Å². The zero-order chi connectivity index (χ0) is 14.0. The number of anilines is 2. The van der Waals surface area contributed by atoms with Crippen LogP contribution in [0.3, 0.4) is 0 Å². The molecule has 0 spiro atoms. The van der Waals surface area contributed by atoms with E-state index >= 15 is 0 Å². The summed E-state index contributed by atoms with van der Waals surface area (Å²) in [6.07, 6.45) is 2.39. The van der Waals surface area contributed by atoms with Gasteiger partial charge in [0.25, 0.3) is 0 Å². The molecule has 6 heteroatoms. The molecule has 0 aromatic carbocycles. The largest absolute Gasteiger partial charge is 0.369 e. The van der Waals surface area contributed by atoms with Crippen molar-refractivity contribution >= 4 is 17.7 Å². The quantitative estimate of drug-likeness (QED) is 0.833. The Balaban J connectivity index is 2.20. The number of hydrogen-bond donors (Lipinski definition) is 2. The Morgan fingerprint density at radius 2 is 2.00 bits per heavy atom. The molecule has 0 atom stereocenters. The summed E-state index contributed by atoms with van der Waals surface area (Å²) < 4.78 is 0. The van der Waals surface area contributed by atoms with Crippen molar-refractivity contribution in [3.05, 3.63) is 11.3 Å². The van der Waals surface area contributed by atoms with E-state index in [0.29, 0.717) is 5.95 Å². The number of nitrogen functional groups attached to an aromatic ring is 1. The van der Waals surface area contributed by atoms with Crippen molar-refractivity contribution in [2.45, 2.75) is 33.1 Å². The summed E-state index contributed by atoms with van der Waals surface area (Å²) >= 11 is 0. The van der Waals surface area contributed by atoms with Crippen LogP contribution in [0.4, 0.5) is 11.8 Å². The van der Waals surface area contributed by atoms with Gasteiger partial charge in [0, 0.05) is 24.6 Å². The van der Waals surface area contributed by atoms with Crippen LogP contribution in [0.15, 0.2) is 0 Å². The Morgan fingerprint density at radius 1 is 1.37 bits per heavy atom. The Hall–Kier alpha value is -1.85. The summed E-state index contributed by atoms with van der Waals surface area (Å²) in [5, 5.41) is 0. The third kappa shape index (κ3) is 2.77. The summed E-state index contributed by atoms with van der Waals surface area (Å²) in [6.45, 7) is 5.65. The number of amides is 1. The summed E-state index contributed by atoms with van der Waals surface area (Å²) in [5.41, 5.74) is 13.2. The first-order valence-corrected chi connectivity index (χ1v) is 6.70. The van der Waals surface area contributed by atoms with Gasteiger partial charge < -0.3 is 16.4 Å². The number of nitrogens with zero attached hydrogens (tertiary/aromatic N) is 3. The summed E-state index contributed by atoms with van der Waals surface area (Å²) in [6, 6.07) is 0. The molecule has 1 aliphatic rings. The molecule has 1 aromatic rings. The van der Waals surface area contributed by atoms with Crippen molar-refractivity contribution in [2.24, 2.45) is 11.7 Å². The lowest BCUT2D eigenvalue weighted by Crippen LogP contribution is -2.39. The molecule has 1 aliphatic heterocycles. The molecular formula is C13H21N5O. The molecule has 1 saturated heterocycles. The lowest BCUT2D eigenvalue weighted by Gasteiger charge is -2.32. The van der Waals surface area contributed by atoms with Gasteiger partial charge in [-0.05, 0) is 26.2 Å². The lowest BCUT2D eigenvalue weighted by molar-refractivity contribution is -0.122. The van der Waals surface area contributed by atoms with Crippen molar-refractivity contribution in [1.82, 2.24) is 9.97 Å². The molecular weight excluding hydrogens is 242 g/mol. The topological polar surface area (TPSA) is 98.1 Å². The highest BCUT2D eigenvalue weighted by Gasteiger charge is 2.25. The van der Waals surface area contributed by atoms with Gasteiger partial charge in [-0.15, -0.1) is 0 Å². The molecule has 19 heavy (non-hydrogen) atoms.